The van der Waals surface area contributed by atoms with E-state index >= 15 is 0 Å². The highest BCUT2D eigenvalue weighted by Crippen LogP contribution is 2.17. The summed E-state index contributed by atoms with van der Waals surface area (Å²) in [6.45, 7) is 1.95. The highest BCUT2D eigenvalue weighted by molar-refractivity contribution is 5.91. The molecule has 0 atom stereocenters. The van der Waals surface area contributed by atoms with Gasteiger partial charge in [0.1, 0.15) is 11.5 Å². The van der Waals surface area contributed by atoms with E-state index in [0.29, 0.717) is 5.75 Å². The SMILES string of the molecule is COc1ccc(OCC(=O)Nc2cccc(C)c2)cc1. The molecule has 1 amide bonds. The Balaban J connectivity index is 1.85. The zero-order valence-corrected chi connectivity index (χ0v) is 11.6. The standard InChI is InChI=1S/C16H17NO3/c1-12-4-3-5-13(10-12)17-16(18)11-20-15-8-6-14(19-2)7-9-15/h3-10H,11H2,1-2H3,(H,17,18). The normalized spacial score (nSPS) is 9.90. The number of carbonyl (C=O) groups excluding carboxylic acids is 1. The van der Waals surface area contributed by atoms with Gasteiger partial charge in [-0.25, -0.2) is 0 Å². The largest absolute Gasteiger partial charge is 0.497 e. The van der Waals surface area contributed by atoms with E-state index < -0.39 is 0 Å². The molecule has 0 aromatic heterocycles. The highest BCUT2D eigenvalue weighted by atomic mass is 16.5. The van der Waals surface area contributed by atoms with Crippen molar-refractivity contribution in [3.8, 4) is 11.5 Å². The quantitative estimate of drug-likeness (QED) is 0.909. The van der Waals surface area contributed by atoms with E-state index in [9.17, 15) is 4.79 Å². The fourth-order valence-electron chi connectivity index (χ4n) is 1.74. The molecule has 0 aliphatic rings. The maximum Gasteiger partial charge on any atom is 0.262 e. The van der Waals surface area contributed by atoms with Crippen molar-refractivity contribution in [1.29, 1.82) is 0 Å². The van der Waals surface area contributed by atoms with E-state index in [2.05, 4.69) is 5.32 Å². The predicted molar refractivity (Wildman–Crippen MR) is 78.3 cm³/mol. The molecule has 0 fully saturated rings. The van der Waals surface area contributed by atoms with E-state index in [4.69, 9.17) is 9.47 Å². The molecule has 0 saturated carbocycles. The molecule has 2 aromatic carbocycles. The third-order valence-electron chi connectivity index (χ3n) is 2.73. The summed E-state index contributed by atoms with van der Waals surface area (Å²) in [6.07, 6.45) is 0. The van der Waals surface area contributed by atoms with Crippen molar-refractivity contribution in [2.24, 2.45) is 0 Å². The van der Waals surface area contributed by atoms with E-state index in [1.807, 2.05) is 31.2 Å². The van der Waals surface area contributed by atoms with E-state index in [0.717, 1.165) is 17.0 Å². The number of anilines is 1. The molecule has 0 bridgehead atoms. The fraction of sp³-hybridized carbons (Fsp3) is 0.188. The summed E-state index contributed by atoms with van der Waals surface area (Å²) in [6, 6.07) is 14.7. The Kier molecular flexibility index (Phi) is 4.60. The van der Waals surface area contributed by atoms with Crippen LogP contribution in [0.4, 0.5) is 5.69 Å². The number of hydrogen-bond acceptors (Lipinski definition) is 3. The van der Waals surface area contributed by atoms with Crippen molar-refractivity contribution >= 4 is 11.6 Å². The number of carbonyl (C=O) groups is 1. The Morgan fingerprint density at radius 2 is 1.80 bits per heavy atom. The molecule has 0 heterocycles. The first-order chi connectivity index (χ1) is 9.67. The first kappa shape index (κ1) is 13.9. The lowest BCUT2D eigenvalue weighted by Crippen LogP contribution is -2.20. The summed E-state index contributed by atoms with van der Waals surface area (Å²) in [4.78, 5) is 11.8. The number of methoxy groups -OCH3 is 1. The number of amides is 1. The van der Waals surface area contributed by atoms with Crippen LogP contribution in [0.2, 0.25) is 0 Å². The van der Waals surface area contributed by atoms with E-state index in [-0.39, 0.29) is 12.5 Å². The average Bonchev–Trinajstić information content (AvgIpc) is 2.46. The lowest BCUT2D eigenvalue weighted by atomic mass is 10.2. The number of aryl methyl sites for hydroxylation is 1. The minimum absolute atomic E-state index is 0.0275. The monoisotopic (exact) mass is 271 g/mol. The molecule has 0 radical (unpaired) electrons. The Morgan fingerprint density at radius 1 is 1.10 bits per heavy atom. The molecule has 104 valence electrons. The van der Waals surface area contributed by atoms with Crippen LogP contribution in [-0.4, -0.2) is 19.6 Å². The van der Waals surface area contributed by atoms with Crippen LogP contribution in [-0.2, 0) is 4.79 Å². The molecule has 20 heavy (non-hydrogen) atoms. The summed E-state index contributed by atoms with van der Waals surface area (Å²) in [5, 5.41) is 2.79. The average molecular weight is 271 g/mol. The first-order valence-electron chi connectivity index (χ1n) is 6.31. The van der Waals surface area contributed by atoms with Gasteiger partial charge in [0.2, 0.25) is 0 Å². The lowest BCUT2D eigenvalue weighted by Gasteiger charge is -2.08. The molecule has 4 nitrogen and oxygen atoms in total. The predicted octanol–water partition coefficient (Wildman–Crippen LogP) is 3.02. The second kappa shape index (κ2) is 6.61. The van der Waals surface area contributed by atoms with Crippen molar-refractivity contribution in [1.82, 2.24) is 0 Å². The minimum atomic E-state index is -0.189. The maximum absolute atomic E-state index is 11.8. The summed E-state index contributed by atoms with van der Waals surface area (Å²) >= 11 is 0. The molecule has 0 aliphatic heterocycles. The first-order valence-corrected chi connectivity index (χ1v) is 6.31. The van der Waals surface area contributed by atoms with E-state index in [1.165, 1.54) is 0 Å². The van der Waals surface area contributed by atoms with Crippen LogP contribution in [0.15, 0.2) is 48.5 Å². The molecule has 0 aliphatic carbocycles. The van der Waals surface area contributed by atoms with E-state index in [1.54, 1.807) is 31.4 Å². The molecular weight excluding hydrogens is 254 g/mol. The van der Waals surface area contributed by atoms with Gasteiger partial charge in [0, 0.05) is 5.69 Å². The number of rotatable bonds is 5. The van der Waals surface area contributed by atoms with Crippen molar-refractivity contribution in [2.75, 3.05) is 19.0 Å². The number of nitrogens with one attached hydrogen (secondary N) is 1. The van der Waals surface area contributed by atoms with Gasteiger partial charge in [0.15, 0.2) is 6.61 Å². The van der Waals surface area contributed by atoms with Gasteiger partial charge in [0.05, 0.1) is 7.11 Å². The van der Waals surface area contributed by atoms with Gasteiger partial charge >= 0.3 is 0 Å². The van der Waals surface area contributed by atoms with Gasteiger partial charge in [-0.15, -0.1) is 0 Å². The zero-order chi connectivity index (χ0) is 14.4. The van der Waals surface area contributed by atoms with Crippen molar-refractivity contribution in [3.63, 3.8) is 0 Å². The number of ether oxygens (including phenoxy) is 2. The van der Waals surface area contributed by atoms with Crippen LogP contribution in [0.5, 0.6) is 11.5 Å². The Morgan fingerprint density at radius 3 is 2.45 bits per heavy atom. The molecule has 1 N–H and O–H groups in total. The summed E-state index contributed by atoms with van der Waals surface area (Å²) in [7, 11) is 1.60. The van der Waals surface area contributed by atoms with Crippen LogP contribution in [0.3, 0.4) is 0 Å². The van der Waals surface area contributed by atoms with Crippen LogP contribution >= 0.6 is 0 Å². The fourth-order valence-corrected chi connectivity index (χ4v) is 1.74. The van der Waals surface area contributed by atoms with Gasteiger partial charge in [-0.3, -0.25) is 4.79 Å². The molecule has 4 heteroatoms. The number of benzene rings is 2. The second-order valence-corrected chi connectivity index (χ2v) is 4.38. The Hall–Kier alpha value is -2.49. The smallest absolute Gasteiger partial charge is 0.262 e. The van der Waals surface area contributed by atoms with Gasteiger partial charge in [-0.1, -0.05) is 12.1 Å². The lowest BCUT2D eigenvalue weighted by molar-refractivity contribution is -0.118. The molecule has 0 unspecified atom stereocenters. The minimum Gasteiger partial charge on any atom is -0.497 e. The summed E-state index contributed by atoms with van der Waals surface area (Å²) in [5.74, 6) is 1.19. The number of hydrogen-bond donors (Lipinski definition) is 1. The maximum atomic E-state index is 11.8. The molecule has 0 spiro atoms. The molecule has 2 aromatic rings. The van der Waals surface area contributed by atoms with Gasteiger partial charge in [-0.2, -0.15) is 0 Å². The van der Waals surface area contributed by atoms with Crippen LogP contribution in [0.25, 0.3) is 0 Å². The molecule has 0 saturated heterocycles. The second-order valence-electron chi connectivity index (χ2n) is 4.38. The summed E-state index contributed by atoms with van der Waals surface area (Å²) in [5.41, 5.74) is 1.87. The molecular formula is C16H17NO3. The zero-order valence-electron chi connectivity index (χ0n) is 11.6. The third kappa shape index (κ3) is 4.02. The summed E-state index contributed by atoms with van der Waals surface area (Å²) < 4.78 is 10.5. The topological polar surface area (TPSA) is 47.6 Å². The van der Waals surface area contributed by atoms with Gasteiger partial charge in [0.25, 0.3) is 5.91 Å². The van der Waals surface area contributed by atoms with Crippen molar-refractivity contribution in [3.05, 3.63) is 54.1 Å². The van der Waals surface area contributed by atoms with Crippen LogP contribution in [0, 0.1) is 6.92 Å². The van der Waals surface area contributed by atoms with Gasteiger partial charge < -0.3 is 14.8 Å². The van der Waals surface area contributed by atoms with Crippen LogP contribution < -0.4 is 14.8 Å². The Bertz CT molecular complexity index is 579. The third-order valence-corrected chi connectivity index (χ3v) is 2.73. The highest BCUT2D eigenvalue weighted by Gasteiger charge is 2.04. The van der Waals surface area contributed by atoms with Crippen LogP contribution in [0.1, 0.15) is 5.56 Å². The molecule has 2 rings (SSSR count). The van der Waals surface area contributed by atoms with Gasteiger partial charge in [-0.05, 0) is 48.9 Å². The van der Waals surface area contributed by atoms with Crippen molar-refractivity contribution < 1.29 is 14.3 Å². The Labute approximate surface area is 118 Å². The van der Waals surface area contributed by atoms with Crippen molar-refractivity contribution in [2.45, 2.75) is 6.92 Å².